The molecule has 2 aromatic rings. The Morgan fingerprint density at radius 2 is 2.15 bits per heavy atom. The molecule has 3 nitrogen and oxygen atoms in total. The van der Waals surface area contributed by atoms with E-state index in [4.69, 9.17) is 21.1 Å². The molecule has 0 radical (unpaired) electrons. The van der Waals surface area contributed by atoms with Crippen molar-refractivity contribution in [2.75, 3.05) is 19.0 Å². The second kappa shape index (κ2) is 5.21. The van der Waals surface area contributed by atoms with Crippen molar-refractivity contribution >= 4 is 17.3 Å². The van der Waals surface area contributed by atoms with E-state index in [1.807, 2.05) is 24.3 Å². The zero-order valence-corrected chi connectivity index (χ0v) is 11.6. The van der Waals surface area contributed by atoms with Gasteiger partial charge in [-0.3, -0.25) is 0 Å². The van der Waals surface area contributed by atoms with Gasteiger partial charge in [-0.05, 0) is 12.1 Å². The molecule has 1 aliphatic rings. The molecule has 20 heavy (non-hydrogen) atoms. The summed E-state index contributed by atoms with van der Waals surface area (Å²) < 4.78 is 24.5. The van der Waals surface area contributed by atoms with Crippen LogP contribution in [-0.2, 0) is 0 Å². The maximum Gasteiger partial charge on any atom is 0.162 e. The van der Waals surface area contributed by atoms with Crippen LogP contribution in [0, 0.1) is 5.82 Å². The van der Waals surface area contributed by atoms with Crippen LogP contribution in [0.1, 0.15) is 11.7 Å². The lowest BCUT2D eigenvalue weighted by Crippen LogP contribution is -2.24. The lowest BCUT2D eigenvalue weighted by molar-refractivity contribution is 0.205. The maximum absolute atomic E-state index is 13.3. The average Bonchev–Trinajstić information content (AvgIpc) is 2.47. The molecule has 3 rings (SSSR count). The van der Waals surface area contributed by atoms with Gasteiger partial charge in [0.15, 0.2) is 5.75 Å². The molecule has 0 fully saturated rings. The van der Waals surface area contributed by atoms with Crippen molar-refractivity contribution in [3.05, 3.63) is 52.8 Å². The number of halogens is 2. The van der Waals surface area contributed by atoms with Gasteiger partial charge in [0, 0.05) is 11.6 Å². The van der Waals surface area contributed by atoms with E-state index in [1.54, 1.807) is 7.11 Å². The predicted molar refractivity (Wildman–Crippen MR) is 76.3 cm³/mol. The molecule has 1 heterocycles. The SMILES string of the molecule is COc1ccccc1C1CNc2cc(F)cc(Cl)c2O1. The topological polar surface area (TPSA) is 30.5 Å². The molecule has 0 aliphatic carbocycles. The van der Waals surface area contributed by atoms with Crippen LogP contribution >= 0.6 is 11.6 Å². The molecule has 0 saturated carbocycles. The Labute approximate surface area is 121 Å². The summed E-state index contributed by atoms with van der Waals surface area (Å²) in [5, 5.41) is 3.40. The smallest absolute Gasteiger partial charge is 0.162 e. The summed E-state index contributed by atoms with van der Waals surface area (Å²) in [6, 6.07) is 10.2. The van der Waals surface area contributed by atoms with E-state index < -0.39 is 0 Å². The van der Waals surface area contributed by atoms with E-state index >= 15 is 0 Å². The van der Waals surface area contributed by atoms with Crippen LogP contribution < -0.4 is 14.8 Å². The quantitative estimate of drug-likeness (QED) is 0.907. The number of rotatable bonds is 2. The van der Waals surface area contributed by atoms with Gasteiger partial charge in [0.2, 0.25) is 0 Å². The molecule has 0 saturated heterocycles. The first-order chi connectivity index (χ1) is 9.69. The van der Waals surface area contributed by atoms with E-state index in [0.717, 1.165) is 11.3 Å². The van der Waals surface area contributed by atoms with Gasteiger partial charge in [-0.25, -0.2) is 4.39 Å². The van der Waals surface area contributed by atoms with Crippen molar-refractivity contribution in [1.29, 1.82) is 0 Å². The summed E-state index contributed by atoms with van der Waals surface area (Å²) in [4.78, 5) is 0. The van der Waals surface area contributed by atoms with Gasteiger partial charge in [0.05, 0.1) is 24.4 Å². The molecule has 1 N–H and O–H groups in total. The second-order valence-electron chi connectivity index (χ2n) is 4.49. The van der Waals surface area contributed by atoms with Crippen molar-refractivity contribution in [2.45, 2.75) is 6.10 Å². The first kappa shape index (κ1) is 13.1. The van der Waals surface area contributed by atoms with Gasteiger partial charge < -0.3 is 14.8 Å². The summed E-state index contributed by atoms with van der Waals surface area (Å²) in [6.45, 7) is 0.521. The highest BCUT2D eigenvalue weighted by Crippen LogP contribution is 2.41. The van der Waals surface area contributed by atoms with Crippen LogP contribution in [0.15, 0.2) is 36.4 Å². The Morgan fingerprint density at radius 3 is 2.95 bits per heavy atom. The molecule has 0 bridgehead atoms. The molecule has 1 atom stereocenters. The molecule has 5 heteroatoms. The van der Waals surface area contributed by atoms with E-state index in [2.05, 4.69) is 5.32 Å². The van der Waals surface area contributed by atoms with Crippen LogP contribution in [0.3, 0.4) is 0 Å². The number of fused-ring (bicyclic) bond motifs is 1. The molecule has 104 valence electrons. The maximum atomic E-state index is 13.3. The van der Waals surface area contributed by atoms with Gasteiger partial charge in [-0.15, -0.1) is 0 Å². The molecule has 1 unspecified atom stereocenters. The second-order valence-corrected chi connectivity index (χ2v) is 4.90. The first-order valence-corrected chi connectivity index (χ1v) is 6.59. The highest BCUT2D eigenvalue weighted by Gasteiger charge is 2.25. The van der Waals surface area contributed by atoms with Gasteiger partial charge in [-0.2, -0.15) is 0 Å². The Kier molecular flexibility index (Phi) is 3.40. The minimum absolute atomic E-state index is 0.235. The van der Waals surface area contributed by atoms with Crippen LogP contribution in [0.2, 0.25) is 5.02 Å². The summed E-state index contributed by atoms with van der Waals surface area (Å²) in [5.74, 6) is 0.830. The largest absolute Gasteiger partial charge is 0.496 e. The van der Waals surface area contributed by atoms with Crippen molar-refractivity contribution in [3.8, 4) is 11.5 Å². The summed E-state index contributed by atoms with van der Waals surface area (Å²) >= 11 is 6.04. The Bertz CT molecular complexity index is 648. The monoisotopic (exact) mass is 293 g/mol. The molecule has 2 aromatic carbocycles. The number of benzene rings is 2. The summed E-state index contributed by atoms with van der Waals surface area (Å²) in [7, 11) is 1.62. The number of para-hydroxylation sites is 1. The van der Waals surface area contributed by atoms with E-state index in [1.165, 1.54) is 12.1 Å². The highest BCUT2D eigenvalue weighted by atomic mass is 35.5. The Hall–Kier alpha value is -1.94. The predicted octanol–water partition coefficient (Wildman–Crippen LogP) is 4.03. The zero-order valence-electron chi connectivity index (χ0n) is 10.8. The fourth-order valence-corrected chi connectivity index (χ4v) is 2.55. The first-order valence-electron chi connectivity index (χ1n) is 6.21. The van der Waals surface area contributed by atoms with E-state index in [9.17, 15) is 4.39 Å². The van der Waals surface area contributed by atoms with E-state index in [0.29, 0.717) is 18.0 Å². The molecular formula is C15H13ClFNO2. The van der Waals surface area contributed by atoms with Crippen LogP contribution in [0.4, 0.5) is 10.1 Å². The van der Waals surface area contributed by atoms with Crippen molar-refractivity contribution in [1.82, 2.24) is 0 Å². The van der Waals surface area contributed by atoms with E-state index in [-0.39, 0.29) is 16.9 Å². The minimum Gasteiger partial charge on any atom is -0.496 e. The number of nitrogens with one attached hydrogen (secondary N) is 1. The molecular weight excluding hydrogens is 281 g/mol. The fourth-order valence-electron chi connectivity index (χ4n) is 2.30. The third kappa shape index (κ3) is 2.27. The summed E-state index contributed by atoms with van der Waals surface area (Å²) in [6.07, 6.45) is -0.235. The lowest BCUT2D eigenvalue weighted by Gasteiger charge is -2.29. The molecule has 0 aromatic heterocycles. The van der Waals surface area contributed by atoms with Crippen molar-refractivity contribution < 1.29 is 13.9 Å². The van der Waals surface area contributed by atoms with Crippen molar-refractivity contribution in [3.63, 3.8) is 0 Å². The normalized spacial score (nSPS) is 16.9. The number of ether oxygens (including phenoxy) is 2. The molecule has 0 amide bonds. The average molecular weight is 294 g/mol. The van der Waals surface area contributed by atoms with Gasteiger partial charge in [-0.1, -0.05) is 29.8 Å². The number of methoxy groups -OCH3 is 1. The molecule has 1 aliphatic heterocycles. The van der Waals surface area contributed by atoms with Crippen LogP contribution in [-0.4, -0.2) is 13.7 Å². The number of anilines is 1. The molecule has 0 spiro atoms. The Morgan fingerprint density at radius 1 is 1.35 bits per heavy atom. The summed E-state index contributed by atoms with van der Waals surface area (Å²) in [5.41, 5.74) is 1.50. The lowest BCUT2D eigenvalue weighted by atomic mass is 10.1. The third-order valence-corrected chi connectivity index (χ3v) is 3.51. The van der Waals surface area contributed by atoms with Gasteiger partial charge in [0.1, 0.15) is 17.7 Å². The standard InChI is InChI=1S/C15H13ClFNO2/c1-19-13-5-3-2-4-10(13)14-8-18-12-7-9(17)6-11(16)15(12)20-14/h2-7,14,18H,8H2,1H3. The van der Waals surface area contributed by atoms with Crippen LogP contribution in [0.25, 0.3) is 0 Å². The number of hydrogen-bond donors (Lipinski definition) is 1. The fraction of sp³-hybridized carbons (Fsp3) is 0.200. The third-order valence-electron chi connectivity index (χ3n) is 3.23. The van der Waals surface area contributed by atoms with Crippen molar-refractivity contribution in [2.24, 2.45) is 0 Å². The van der Waals surface area contributed by atoms with Gasteiger partial charge in [0.25, 0.3) is 0 Å². The minimum atomic E-state index is -0.388. The van der Waals surface area contributed by atoms with Crippen LogP contribution in [0.5, 0.6) is 11.5 Å². The number of hydrogen-bond acceptors (Lipinski definition) is 3. The zero-order chi connectivity index (χ0) is 14.1. The van der Waals surface area contributed by atoms with Gasteiger partial charge >= 0.3 is 0 Å². The Balaban J connectivity index is 1.96. The highest BCUT2D eigenvalue weighted by molar-refractivity contribution is 6.32.